The number of hydrogen-bond donors (Lipinski definition) is 2. The maximum Gasteiger partial charge on any atom is 0.222 e. The van der Waals surface area contributed by atoms with E-state index < -0.39 is 0 Å². The summed E-state index contributed by atoms with van der Waals surface area (Å²) in [7, 11) is 0. The molecule has 2 aliphatic rings. The lowest BCUT2D eigenvalue weighted by Gasteiger charge is -2.32. The summed E-state index contributed by atoms with van der Waals surface area (Å²) < 4.78 is 0. The van der Waals surface area contributed by atoms with Crippen molar-refractivity contribution in [1.29, 1.82) is 0 Å². The normalized spacial score (nSPS) is 22.0. The number of piperidine rings is 1. The molecule has 0 bridgehead atoms. The summed E-state index contributed by atoms with van der Waals surface area (Å²) in [6.07, 6.45) is 5.24. The van der Waals surface area contributed by atoms with Crippen LogP contribution in [0.2, 0.25) is 0 Å². The van der Waals surface area contributed by atoms with Crippen LogP contribution < -0.4 is 11.1 Å². The molecule has 4 nitrogen and oxygen atoms in total. The third-order valence-corrected chi connectivity index (χ3v) is 4.59. The highest BCUT2D eigenvalue weighted by molar-refractivity contribution is 5.77. The van der Waals surface area contributed by atoms with Crippen LogP contribution >= 0.6 is 0 Å². The Labute approximate surface area is 126 Å². The highest BCUT2D eigenvalue weighted by Crippen LogP contribution is 2.29. The lowest BCUT2D eigenvalue weighted by atomic mass is 10.0. The van der Waals surface area contributed by atoms with Crippen molar-refractivity contribution in [2.24, 2.45) is 5.73 Å². The van der Waals surface area contributed by atoms with Crippen molar-refractivity contribution < 1.29 is 4.79 Å². The molecule has 3 rings (SSSR count). The molecule has 1 saturated carbocycles. The molecule has 1 saturated heterocycles. The first-order chi connectivity index (χ1) is 10.2. The van der Waals surface area contributed by atoms with Crippen LogP contribution in [0.1, 0.15) is 43.7 Å². The van der Waals surface area contributed by atoms with Gasteiger partial charge in [0.05, 0.1) is 0 Å². The molecule has 0 radical (unpaired) electrons. The summed E-state index contributed by atoms with van der Waals surface area (Å²) in [4.78, 5) is 14.7. The highest BCUT2D eigenvalue weighted by Gasteiger charge is 2.32. The van der Waals surface area contributed by atoms with Gasteiger partial charge in [-0.25, -0.2) is 0 Å². The molecule has 1 aromatic rings. The minimum Gasteiger partial charge on any atom is -0.353 e. The number of carbonyl (C=O) groups excluding carboxylic acids is 1. The summed E-state index contributed by atoms with van der Waals surface area (Å²) in [5.74, 6) is 0.0798. The van der Waals surface area contributed by atoms with E-state index in [4.69, 9.17) is 5.73 Å². The van der Waals surface area contributed by atoms with Crippen LogP contribution in [-0.2, 0) is 4.79 Å². The highest BCUT2D eigenvalue weighted by atomic mass is 16.1. The third kappa shape index (κ3) is 4.05. The van der Waals surface area contributed by atoms with Crippen molar-refractivity contribution in [1.82, 2.24) is 10.2 Å². The summed E-state index contributed by atoms with van der Waals surface area (Å²) in [6, 6.07) is 10.8. The first kappa shape index (κ1) is 14.5. The largest absolute Gasteiger partial charge is 0.353 e. The topological polar surface area (TPSA) is 58.4 Å². The van der Waals surface area contributed by atoms with Crippen molar-refractivity contribution in [2.75, 3.05) is 13.1 Å². The van der Waals surface area contributed by atoms with E-state index in [2.05, 4.69) is 10.2 Å². The van der Waals surface area contributed by atoms with Gasteiger partial charge in [-0.15, -0.1) is 0 Å². The van der Waals surface area contributed by atoms with Crippen LogP contribution in [0, 0.1) is 0 Å². The molecule has 4 heteroatoms. The van der Waals surface area contributed by atoms with Gasteiger partial charge in [-0.3, -0.25) is 4.79 Å². The fourth-order valence-corrected chi connectivity index (χ4v) is 3.15. The van der Waals surface area contributed by atoms with Gasteiger partial charge >= 0.3 is 0 Å². The minimum absolute atomic E-state index is 0.0798. The zero-order valence-corrected chi connectivity index (χ0v) is 12.5. The fraction of sp³-hybridized carbons (Fsp3) is 0.588. The number of carbonyl (C=O) groups is 1. The van der Waals surface area contributed by atoms with Gasteiger partial charge in [-0.1, -0.05) is 30.3 Å². The van der Waals surface area contributed by atoms with Crippen LogP contribution in [0.15, 0.2) is 30.3 Å². The molecule has 1 aliphatic carbocycles. The summed E-state index contributed by atoms with van der Waals surface area (Å²) >= 11 is 0. The molecule has 3 N–H and O–H groups in total. The second kappa shape index (κ2) is 6.58. The Morgan fingerprint density at radius 2 is 1.86 bits per heavy atom. The van der Waals surface area contributed by atoms with Gasteiger partial charge in [-0.05, 0) is 31.2 Å². The number of hydrogen-bond acceptors (Lipinski definition) is 3. The van der Waals surface area contributed by atoms with Gasteiger partial charge in [0, 0.05) is 37.6 Å². The molecule has 114 valence electrons. The summed E-state index contributed by atoms with van der Waals surface area (Å²) in [5.41, 5.74) is 7.13. The Bertz CT molecular complexity index is 464. The summed E-state index contributed by atoms with van der Waals surface area (Å²) in [6.45, 7) is 2.25. The number of nitrogens with two attached hydrogens (primary N) is 1. The maximum atomic E-state index is 12.1. The molecular formula is C17H25N3O. The van der Waals surface area contributed by atoms with Crippen molar-refractivity contribution in [3.05, 3.63) is 35.9 Å². The van der Waals surface area contributed by atoms with E-state index >= 15 is 0 Å². The van der Waals surface area contributed by atoms with Crippen molar-refractivity contribution in [3.63, 3.8) is 0 Å². The Hall–Kier alpha value is -1.39. The van der Waals surface area contributed by atoms with Crippen LogP contribution in [0.4, 0.5) is 0 Å². The van der Waals surface area contributed by atoms with Gasteiger partial charge in [0.1, 0.15) is 0 Å². The molecule has 1 aromatic carbocycles. The third-order valence-electron chi connectivity index (χ3n) is 4.59. The lowest BCUT2D eigenvalue weighted by molar-refractivity contribution is -0.122. The van der Waals surface area contributed by atoms with Gasteiger partial charge < -0.3 is 16.0 Å². The number of rotatable bonds is 5. The summed E-state index contributed by atoms with van der Waals surface area (Å²) in [5, 5.41) is 3.15. The molecule has 0 aromatic heterocycles. The quantitative estimate of drug-likeness (QED) is 0.868. The van der Waals surface area contributed by atoms with Gasteiger partial charge in [0.25, 0.3) is 0 Å². The molecule has 2 fully saturated rings. The van der Waals surface area contributed by atoms with Gasteiger partial charge in [-0.2, -0.15) is 0 Å². The Balaban J connectivity index is 1.42. The Kier molecular flexibility index (Phi) is 4.56. The average Bonchev–Trinajstić information content (AvgIpc) is 3.33. The lowest BCUT2D eigenvalue weighted by Crippen LogP contribution is -2.45. The predicted molar refractivity (Wildman–Crippen MR) is 83.7 cm³/mol. The molecule has 21 heavy (non-hydrogen) atoms. The number of amides is 1. The first-order valence-electron chi connectivity index (χ1n) is 8.06. The van der Waals surface area contributed by atoms with Gasteiger partial charge in [0.2, 0.25) is 5.91 Å². The molecule has 0 spiro atoms. The average molecular weight is 287 g/mol. The van der Waals surface area contributed by atoms with E-state index in [-0.39, 0.29) is 11.9 Å². The van der Waals surface area contributed by atoms with E-state index in [9.17, 15) is 4.79 Å². The zero-order chi connectivity index (χ0) is 14.7. The van der Waals surface area contributed by atoms with Crippen molar-refractivity contribution in [3.8, 4) is 0 Å². The zero-order valence-electron chi connectivity index (χ0n) is 12.5. The number of benzene rings is 1. The number of nitrogens with zero attached hydrogens (tertiary/aromatic N) is 1. The van der Waals surface area contributed by atoms with Crippen LogP contribution in [0.5, 0.6) is 0 Å². The number of nitrogens with one attached hydrogen (secondary N) is 1. The molecule has 1 heterocycles. The molecule has 1 amide bonds. The smallest absolute Gasteiger partial charge is 0.222 e. The van der Waals surface area contributed by atoms with Gasteiger partial charge in [0.15, 0.2) is 0 Å². The van der Waals surface area contributed by atoms with E-state index in [1.807, 2.05) is 30.3 Å². The minimum atomic E-state index is -0.210. The Morgan fingerprint density at radius 3 is 2.48 bits per heavy atom. The van der Waals surface area contributed by atoms with E-state index in [0.29, 0.717) is 12.5 Å². The SMILES string of the molecule is NC(CC(=O)NC1CCN(C2CC2)CC1)c1ccccc1. The van der Waals surface area contributed by atoms with Crippen molar-refractivity contribution in [2.45, 2.75) is 50.2 Å². The molecule has 1 atom stereocenters. The molecular weight excluding hydrogens is 262 g/mol. The Morgan fingerprint density at radius 1 is 1.19 bits per heavy atom. The second-order valence-electron chi connectivity index (χ2n) is 6.33. The molecule has 1 aliphatic heterocycles. The molecule has 1 unspecified atom stereocenters. The van der Waals surface area contributed by atoms with E-state index in [0.717, 1.165) is 37.5 Å². The standard InChI is InChI=1S/C17H25N3O/c18-16(13-4-2-1-3-5-13)12-17(21)19-14-8-10-20(11-9-14)15-6-7-15/h1-5,14-16H,6-12,18H2,(H,19,21). The predicted octanol–water partition coefficient (Wildman–Crippen LogP) is 1.82. The van der Waals surface area contributed by atoms with Crippen LogP contribution in [0.25, 0.3) is 0 Å². The van der Waals surface area contributed by atoms with E-state index in [1.165, 1.54) is 12.8 Å². The maximum absolute atomic E-state index is 12.1. The monoisotopic (exact) mass is 287 g/mol. The van der Waals surface area contributed by atoms with Crippen LogP contribution in [-0.4, -0.2) is 36.0 Å². The number of likely N-dealkylation sites (tertiary alicyclic amines) is 1. The van der Waals surface area contributed by atoms with E-state index in [1.54, 1.807) is 0 Å². The fourth-order valence-electron chi connectivity index (χ4n) is 3.15. The first-order valence-corrected chi connectivity index (χ1v) is 8.06. The van der Waals surface area contributed by atoms with Crippen LogP contribution in [0.3, 0.4) is 0 Å². The van der Waals surface area contributed by atoms with Crippen molar-refractivity contribution >= 4 is 5.91 Å². The second-order valence-corrected chi connectivity index (χ2v) is 6.33.